The summed E-state index contributed by atoms with van der Waals surface area (Å²) in [4.78, 5) is 4.40. The summed E-state index contributed by atoms with van der Waals surface area (Å²) in [5.74, 6) is -0.838. The average molecular weight is 421 g/mol. The maximum atomic E-state index is 14.6. The van der Waals surface area contributed by atoms with Crippen LogP contribution in [0.5, 0.6) is 0 Å². The smallest absolute Gasteiger partial charge is 0.165 e. The molecule has 0 amide bonds. The third kappa shape index (κ3) is 3.71. The van der Waals surface area contributed by atoms with Gasteiger partial charge in [-0.05, 0) is 56.2 Å². The lowest BCUT2D eigenvalue weighted by Crippen LogP contribution is -2.54. The molecule has 2 aromatic rings. The molecule has 0 aromatic heterocycles. The summed E-state index contributed by atoms with van der Waals surface area (Å²) < 4.78 is 38.8. The molecule has 4 nitrogen and oxygen atoms in total. The molecule has 3 rings (SSSR count). The maximum Gasteiger partial charge on any atom is 0.165 e. The van der Waals surface area contributed by atoms with Crippen molar-refractivity contribution in [2.75, 3.05) is 5.75 Å². The Kier molecular flexibility index (Phi) is 5.15. The van der Waals surface area contributed by atoms with E-state index in [0.717, 1.165) is 11.1 Å². The molecule has 1 aliphatic heterocycles. The number of nitrogens with two attached hydrogens (primary N) is 1. The van der Waals surface area contributed by atoms with E-state index in [9.17, 15) is 12.8 Å². The maximum absolute atomic E-state index is 14.6. The summed E-state index contributed by atoms with van der Waals surface area (Å²) in [6, 6.07) is 11.9. The van der Waals surface area contributed by atoms with Gasteiger partial charge in [-0.1, -0.05) is 42.0 Å². The van der Waals surface area contributed by atoms with Crippen molar-refractivity contribution in [2.45, 2.75) is 31.1 Å². The Morgan fingerprint density at radius 2 is 1.64 bits per heavy atom. The van der Waals surface area contributed by atoms with Crippen LogP contribution in [0.3, 0.4) is 0 Å². The summed E-state index contributed by atoms with van der Waals surface area (Å²) in [6.07, 6.45) is 3.69. The summed E-state index contributed by atoms with van der Waals surface area (Å²) in [7, 11) is -3.61. The van der Waals surface area contributed by atoms with Gasteiger partial charge >= 0.3 is 0 Å². The van der Waals surface area contributed by atoms with Gasteiger partial charge in [0.2, 0.25) is 0 Å². The highest BCUT2D eigenvalue weighted by atomic mass is 35.5. The van der Waals surface area contributed by atoms with Crippen LogP contribution in [-0.4, -0.2) is 24.8 Å². The van der Waals surface area contributed by atoms with Gasteiger partial charge in [0.05, 0.1) is 5.75 Å². The van der Waals surface area contributed by atoms with E-state index in [1.165, 1.54) is 19.9 Å². The molecule has 0 spiro atoms. The van der Waals surface area contributed by atoms with Crippen LogP contribution >= 0.6 is 11.6 Å². The average Bonchev–Trinajstić information content (AvgIpc) is 2.60. The van der Waals surface area contributed by atoms with Crippen LogP contribution in [0.25, 0.3) is 12.2 Å². The van der Waals surface area contributed by atoms with Crippen molar-refractivity contribution in [3.05, 3.63) is 70.0 Å². The molecule has 2 N–H and O–H groups in total. The van der Waals surface area contributed by atoms with Gasteiger partial charge in [0.25, 0.3) is 0 Å². The minimum absolute atomic E-state index is 0.0113. The highest BCUT2D eigenvalue weighted by molar-refractivity contribution is 7.93. The number of sulfone groups is 1. The molecule has 7 heteroatoms. The minimum Gasteiger partial charge on any atom is -0.386 e. The second-order valence-corrected chi connectivity index (χ2v) is 10.6. The fourth-order valence-electron chi connectivity index (χ4n) is 3.11. The molecular formula is C21H22ClFN2O2S. The van der Waals surface area contributed by atoms with E-state index in [2.05, 4.69) is 4.99 Å². The summed E-state index contributed by atoms with van der Waals surface area (Å²) >= 11 is 5.89. The number of hydrogen-bond donors (Lipinski definition) is 1. The normalized spacial score (nSPS) is 23.5. The third-order valence-electron chi connectivity index (χ3n) is 5.14. The summed E-state index contributed by atoms with van der Waals surface area (Å²) in [5, 5.41) is 0.644. The van der Waals surface area contributed by atoms with Gasteiger partial charge in [-0.3, -0.25) is 4.99 Å². The van der Waals surface area contributed by atoms with E-state index in [0.29, 0.717) is 5.02 Å². The number of amidine groups is 1. The van der Waals surface area contributed by atoms with Crippen molar-refractivity contribution in [2.24, 2.45) is 10.7 Å². The second-order valence-electron chi connectivity index (χ2n) is 7.66. The Morgan fingerprint density at radius 3 is 2.25 bits per heavy atom. The summed E-state index contributed by atoms with van der Waals surface area (Å²) in [5.41, 5.74) is 6.54. The van der Waals surface area contributed by atoms with Crippen molar-refractivity contribution < 1.29 is 12.8 Å². The molecule has 1 unspecified atom stereocenters. The second kappa shape index (κ2) is 7.01. The monoisotopic (exact) mass is 420 g/mol. The van der Waals surface area contributed by atoms with Crippen LogP contribution in [0.4, 0.5) is 4.39 Å². The van der Waals surface area contributed by atoms with Gasteiger partial charge in [0, 0.05) is 10.6 Å². The minimum atomic E-state index is -3.61. The zero-order chi connectivity index (χ0) is 20.7. The standard InChI is InChI=1S/C21H22ClFN2O2S/c1-20(2)19(24)25-21(3,13-28(20,26)27)17-12-15(8-11-18(17)23)5-4-14-6-9-16(22)10-7-14/h4-12H,13H2,1-3H3,(H2,24,25). The molecule has 0 saturated carbocycles. The van der Waals surface area contributed by atoms with Crippen LogP contribution in [-0.2, 0) is 15.4 Å². The van der Waals surface area contributed by atoms with Crippen molar-refractivity contribution in [1.29, 1.82) is 0 Å². The molecule has 28 heavy (non-hydrogen) atoms. The molecule has 0 radical (unpaired) electrons. The topological polar surface area (TPSA) is 72.5 Å². The van der Waals surface area contributed by atoms with Crippen LogP contribution in [0.2, 0.25) is 5.02 Å². The lowest BCUT2D eigenvalue weighted by molar-refractivity contribution is 0.475. The number of rotatable bonds is 3. The molecule has 0 bridgehead atoms. The van der Waals surface area contributed by atoms with Gasteiger partial charge in [-0.25, -0.2) is 12.8 Å². The van der Waals surface area contributed by atoms with Crippen LogP contribution in [0.15, 0.2) is 47.5 Å². The van der Waals surface area contributed by atoms with Gasteiger partial charge in [0.1, 0.15) is 21.9 Å². The van der Waals surface area contributed by atoms with Crippen LogP contribution < -0.4 is 5.73 Å². The van der Waals surface area contributed by atoms with Crippen molar-refractivity contribution in [1.82, 2.24) is 0 Å². The molecule has 0 fully saturated rings. The molecular weight excluding hydrogens is 399 g/mol. The predicted molar refractivity (Wildman–Crippen MR) is 114 cm³/mol. The Morgan fingerprint density at radius 1 is 1.07 bits per heavy atom. The zero-order valence-corrected chi connectivity index (χ0v) is 17.5. The van der Waals surface area contributed by atoms with E-state index >= 15 is 0 Å². The Labute approximate surface area is 169 Å². The van der Waals surface area contributed by atoms with E-state index < -0.39 is 25.9 Å². The fourth-order valence-corrected chi connectivity index (χ4v) is 4.92. The number of hydrogen-bond acceptors (Lipinski definition) is 4. The number of halogens is 2. The lowest BCUT2D eigenvalue weighted by atomic mass is 9.91. The SMILES string of the molecule is CC1(c2cc(C=Cc3ccc(Cl)cc3)ccc2F)CS(=O)(=O)C(C)(C)C(N)=N1. The van der Waals surface area contributed by atoms with Gasteiger partial charge in [0.15, 0.2) is 9.84 Å². The van der Waals surface area contributed by atoms with Crippen molar-refractivity contribution >= 4 is 39.4 Å². The van der Waals surface area contributed by atoms with Gasteiger partial charge in [-0.15, -0.1) is 0 Å². The van der Waals surface area contributed by atoms with E-state index in [-0.39, 0.29) is 17.2 Å². The molecule has 148 valence electrons. The first-order chi connectivity index (χ1) is 12.9. The van der Waals surface area contributed by atoms with Gasteiger partial charge in [-0.2, -0.15) is 0 Å². The third-order valence-corrected chi connectivity index (χ3v) is 8.10. The fraction of sp³-hybridized carbons (Fsp3) is 0.286. The van der Waals surface area contributed by atoms with Crippen LogP contribution in [0, 0.1) is 5.82 Å². The number of aliphatic imine (C=N–C) groups is 1. The van der Waals surface area contributed by atoms with Crippen molar-refractivity contribution in [3.63, 3.8) is 0 Å². The largest absolute Gasteiger partial charge is 0.386 e. The Hall–Kier alpha value is -2.18. The molecule has 2 aromatic carbocycles. The predicted octanol–water partition coefficient (Wildman–Crippen LogP) is 4.43. The molecule has 0 saturated heterocycles. The van der Waals surface area contributed by atoms with Crippen LogP contribution in [0.1, 0.15) is 37.5 Å². The lowest BCUT2D eigenvalue weighted by Gasteiger charge is -2.38. The quantitative estimate of drug-likeness (QED) is 0.746. The molecule has 1 heterocycles. The first-order valence-corrected chi connectivity index (χ1v) is 10.8. The Bertz CT molecular complexity index is 1080. The van der Waals surface area contributed by atoms with Gasteiger partial charge < -0.3 is 5.73 Å². The molecule has 0 aliphatic carbocycles. The van der Waals surface area contributed by atoms with Crippen molar-refractivity contribution in [3.8, 4) is 0 Å². The van der Waals surface area contributed by atoms with E-state index in [1.807, 2.05) is 24.3 Å². The number of nitrogens with zero attached hydrogens (tertiary/aromatic N) is 1. The van der Waals surface area contributed by atoms with E-state index in [1.54, 1.807) is 31.2 Å². The molecule has 1 atom stereocenters. The highest BCUT2D eigenvalue weighted by Crippen LogP contribution is 2.38. The number of benzene rings is 2. The first kappa shape index (κ1) is 20.6. The molecule has 1 aliphatic rings. The summed E-state index contributed by atoms with van der Waals surface area (Å²) in [6.45, 7) is 4.63. The highest BCUT2D eigenvalue weighted by Gasteiger charge is 2.49. The zero-order valence-electron chi connectivity index (χ0n) is 15.9. The Balaban J connectivity index is 2.02. The first-order valence-electron chi connectivity index (χ1n) is 8.76. The van der Waals surface area contributed by atoms with E-state index in [4.69, 9.17) is 17.3 Å².